The van der Waals surface area contributed by atoms with Gasteiger partial charge in [0.1, 0.15) is 5.75 Å². The maximum Gasteiger partial charge on any atom is 0.166 e. The Morgan fingerprint density at radius 1 is 1.09 bits per heavy atom. The van der Waals surface area contributed by atoms with E-state index in [9.17, 15) is 0 Å². The molecule has 5 rings (SSSR count). The van der Waals surface area contributed by atoms with E-state index in [0.29, 0.717) is 5.54 Å². The first-order chi connectivity index (χ1) is 11.1. The van der Waals surface area contributed by atoms with Gasteiger partial charge in [-0.1, -0.05) is 12.1 Å². The van der Waals surface area contributed by atoms with E-state index in [4.69, 9.17) is 17.0 Å². The van der Waals surface area contributed by atoms with Crippen LogP contribution in [0.25, 0.3) is 0 Å². The van der Waals surface area contributed by atoms with Gasteiger partial charge in [0.05, 0.1) is 7.11 Å². The highest BCUT2D eigenvalue weighted by molar-refractivity contribution is 7.80. The van der Waals surface area contributed by atoms with Gasteiger partial charge in [-0.2, -0.15) is 0 Å². The summed E-state index contributed by atoms with van der Waals surface area (Å²) < 4.78 is 5.20. The van der Waals surface area contributed by atoms with Crippen molar-refractivity contribution in [2.24, 2.45) is 17.8 Å². The number of ether oxygens (including phenoxy) is 1. The minimum atomic E-state index is 0.290. The van der Waals surface area contributed by atoms with E-state index in [1.165, 1.54) is 44.1 Å². The Labute approximate surface area is 144 Å². The van der Waals surface area contributed by atoms with Gasteiger partial charge < -0.3 is 15.4 Å². The van der Waals surface area contributed by atoms with E-state index in [1.807, 2.05) is 12.1 Å². The van der Waals surface area contributed by atoms with Crippen molar-refractivity contribution in [1.29, 1.82) is 0 Å². The smallest absolute Gasteiger partial charge is 0.166 e. The molecule has 4 saturated carbocycles. The van der Waals surface area contributed by atoms with Gasteiger partial charge in [-0.15, -0.1) is 0 Å². The van der Waals surface area contributed by atoms with Crippen molar-refractivity contribution in [3.63, 3.8) is 0 Å². The minimum absolute atomic E-state index is 0.290. The minimum Gasteiger partial charge on any atom is -0.497 e. The summed E-state index contributed by atoms with van der Waals surface area (Å²) >= 11 is 5.59. The Morgan fingerprint density at radius 2 is 1.65 bits per heavy atom. The van der Waals surface area contributed by atoms with Crippen LogP contribution in [0.15, 0.2) is 24.3 Å². The van der Waals surface area contributed by atoms with E-state index < -0.39 is 0 Å². The van der Waals surface area contributed by atoms with Crippen molar-refractivity contribution < 1.29 is 4.74 Å². The molecule has 0 atom stereocenters. The molecule has 4 bridgehead atoms. The second-order valence-electron chi connectivity index (χ2n) is 7.85. The molecule has 2 N–H and O–H groups in total. The van der Waals surface area contributed by atoms with Gasteiger partial charge >= 0.3 is 0 Å². The molecule has 4 aliphatic carbocycles. The monoisotopic (exact) mass is 330 g/mol. The van der Waals surface area contributed by atoms with Gasteiger partial charge in [-0.05, 0) is 86.2 Å². The lowest BCUT2D eigenvalue weighted by atomic mass is 9.53. The topological polar surface area (TPSA) is 33.3 Å². The van der Waals surface area contributed by atoms with E-state index in [0.717, 1.165) is 35.2 Å². The second kappa shape index (κ2) is 5.97. The molecule has 1 aromatic rings. The first-order valence-corrected chi connectivity index (χ1v) is 9.24. The number of rotatable bonds is 4. The molecule has 0 aliphatic heterocycles. The van der Waals surface area contributed by atoms with Crippen LogP contribution >= 0.6 is 12.2 Å². The summed E-state index contributed by atoms with van der Waals surface area (Å²) in [6.45, 7) is 0.766. The van der Waals surface area contributed by atoms with Crippen LogP contribution in [0.2, 0.25) is 0 Å². The molecule has 0 amide bonds. The predicted octanol–water partition coefficient (Wildman–Crippen LogP) is 3.63. The van der Waals surface area contributed by atoms with Crippen molar-refractivity contribution >= 4 is 17.3 Å². The zero-order chi connectivity index (χ0) is 15.9. The van der Waals surface area contributed by atoms with Gasteiger partial charge in [0, 0.05) is 12.1 Å². The molecular weight excluding hydrogens is 304 g/mol. The van der Waals surface area contributed by atoms with E-state index >= 15 is 0 Å². The van der Waals surface area contributed by atoms with Crippen LogP contribution in [0, 0.1) is 17.8 Å². The fourth-order valence-electron chi connectivity index (χ4n) is 5.47. The molecule has 0 saturated heterocycles. The third-order valence-corrected chi connectivity index (χ3v) is 6.28. The highest BCUT2D eigenvalue weighted by atomic mass is 32.1. The predicted molar refractivity (Wildman–Crippen MR) is 96.5 cm³/mol. The molecule has 4 aliphatic rings. The van der Waals surface area contributed by atoms with E-state index in [-0.39, 0.29) is 0 Å². The molecular formula is C19H26N2OS. The molecule has 4 heteroatoms. The Bertz CT molecular complexity index is 548. The lowest BCUT2D eigenvalue weighted by Gasteiger charge is -2.57. The standard InChI is InChI=1S/C19H26N2OS/c1-22-17-4-2-13(3-5-17)12-20-18(23)21-19-9-14-6-15(10-19)8-16(7-14)11-19/h2-5,14-16H,6-12H2,1H3,(H2,20,21,23). The summed E-state index contributed by atoms with van der Waals surface area (Å²) in [4.78, 5) is 0. The molecule has 1 aromatic carbocycles. The molecule has 0 spiro atoms. The lowest BCUT2D eigenvalue weighted by Crippen LogP contribution is -2.61. The summed E-state index contributed by atoms with van der Waals surface area (Å²) in [5, 5.41) is 7.93. The Morgan fingerprint density at radius 3 is 2.17 bits per heavy atom. The van der Waals surface area contributed by atoms with E-state index in [1.54, 1.807) is 7.11 Å². The largest absolute Gasteiger partial charge is 0.497 e. The number of benzene rings is 1. The molecule has 0 radical (unpaired) electrons. The first-order valence-electron chi connectivity index (χ1n) is 8.83. The normalized spacial score (nSPS) is 34.2. The highest BCUT2D eigenvalue weighted by Gasteiger charge is 2.51. The van der Waals surface area contributed by atoms with Crippen LogP contribution in [0.5, 0.6) is 5.75 Å². The zero-order valence-corrected chi connectivity index (χ0v) is 14.6. The van der Waals surface area contributed by atoms with Crippen LogP contribution < -0.4 is 15.4 Å². The van der Waals surface area contributed by atoms with Crippen molar-refractivity contribution in [3.05, 3.63) is 29.8 Å². The van der Waals surface area contributed by atoms with Crippen LogP contribution in [-0.2, 0) is 6.54 Å². The average molecular weight is 330 g/mol. The highest BCUT2D eigenvalue weighted by Crippen LogP contribution is 2.55. The Kier molecular flexibility index (Phi) is 3.96. The number of methoxy groups -OCH3 is 1. The first kappa shape index (κ1) is 15.3. The van der Waals surface area contributed by atoms with Gasteiger partial charge in [0.25, 0.3) is 0 Å². The maximum absolute atomic E-state index is 5.59. The fraction of sp³-hybridized carbons (Fsp3) is 0.632. The summed E-state index contributed by atoms with van der Waals surface area (Å²) in [6, 6.07) is 8.15. The Balaban J connectivity index is 1.33. The maximum atomic E-state index is 5.59. The molecule has 3 nitrogen and oxygen atoms in total. The summed E-state index contributed by atoms with van der Waals surface area (Å²) in [5.41, 5.74) is 1.51. The lowest BCUT2D eigenvalue weighted by molar-refractivity contribution is -0.0101. The molecule has 4 fully saturated rings. The van der Waals surface area contributed by atoms with Crippen LogP contribution in [0.1, 0.15) is 44.1 Å². The summed E-state index contributed by atoms with van der Waals surface area (Å²) in [5.74, 6) is 3.72. The van der Waals surface area contributed by atoms with Gasteiger partial charge in [-0.3, -0.25) is 0 Å². The van der Waals surface area contributed by atoms with Crippen molar-refractivity contribution in [2.75, 3.05) is 7.11 Å². The molecule has 0 unspecified atom stereocenters. The number of thiocarbonyl (C=S) groups is 1. The summed E-state index contributed by atoms with van der Waals surface area (Å²) in [7, 11) is 1.69. The van der Waals surface area contributed by atoms with Crippen molar-refractivity contribution in [3.8, 4) is 5.75 Å². The number of nitrogens with one attached hydrogen (secondary N) is 2. The van der Waals surface area contributed by atoms with Gasteiger partial charge in [0.2, 0.25) is 0 Å². The summed E-state index contributed by atoms with van der Waals surface area (Å²) in [6.07, 6.45) is 8.36. The quantitative estimate of drug-likeness (QED) is 0.826. The second-order valence-corrected chi connectivity index (χ2v) is 8.26. The van der Waals surface area contributed by atoms with Gasteiger partial charge in [-0.25, -0.2) is 0 Å². The Hall–Kier alpha value is -1.29. The molecule has 23 heavy (non-hydrogen) atoms. The molecule has 124 valence electrons. The SMILES string of the molecule is COc1ccc(CNC(=S)NC23CC4CC(CC(C4)C2)C3)cc1. The van der Waals surface area contributed by atoms with E-state index in [2.05, 4.69) is 22.8 Å². The third-order valence-electron chi connectivity index (χ3n) is 6.03. The number of hydrogen-bond donors (Lipinski definition) is 2. The third kappa shape index (κ3) is 3.18. The fourth-order valence-corrected chi connectivity index (χ4v) is 5.76. The molecule has 0 aromatic heterocycles. The van der Waals surface area contributed by atoms with Crippen LogP contribution in [0.4, 0.5) is 0 Å². The van der Waals surface area contributed by atoms with Crippen molar-refractivity contribution in [2.45, 2.75) is 50.6 Å². The van der Waals surface area contributed by atoms with Crippen LogP contribution in [0.3, 0.4) is 0 Å². The van der Waals surface area contributed by atoms with Crippen molar-refractivity contribution in [1.82, 2.24) is 10.6 Å². The van der Waals surface area contributed by atoms with Gasteiger partial charge in [0.15, 0.2) is 5.11 Å². The number of hydrogen-bond acceptors (Lipinski definition) is 2. The molecule has 0 heterocycles. The van der Waals surface area contributed by atoms with Crippen LogP contribution in [-0.4, -0.2) is 17.8 Å². The average Bonchev–Trinajstić information content (AvgIpc) is 2.51. The zero-order valence-electron chi connectivity index (χ0n) is 13.8.